The van der Waals surface area contributed by atoms with Gasteiger partial charge >= 0.3 is 5.97 Å². The van der Waals surface area contributed by atoms with Gasteiger partial charge in [0.05, 0.1) is 6.61 Å². The predicted molar refractivity (Wildman–Crippen MR) is 117 cm³/mol. The molecule has 0 atom stereocenters. The van der Waals surface area contributed by atoms with E-state index >= 15 is 0 Å². The van der Waals surface area contributed by atoms with Gasteiger partial charge in [0.25, 0.3) is 0 Å². The molecule has 0 aliphatic carbocycles. The number of fused-ring (bicyclic) bond motifs is 1. The van der Waals surface area contributed by atoms with Crippen LogP contribution in [0.1, 0.15) is 41.4 Å². The summed E-state index contributed by atoms with van der Waals surface area (Å²) >= 11 is 1.55. The summed E-state index contributed by atoms with van der Waals surface area (Å²) < 4.78 is 13.1. The van der Waals surface area contributed by atoms with Crippen LogP contribution in [0.25, 0.3) is 11.0 Å². The average molecular weight is 422 g/mol. The van der Waals surface area contributed by atoms with E-state index < -0.39 is 5.97 Å². The number of carbonyl (C=O) groups is 1. The minimum atomic E-state index is -0.439. The zero-order valence-electron chi connectivity index (χ0n) is 17.0. The van der Waals surface area contributed by atoms with E-state index in [9.17, 15) is 4.79 Å². The zero-order chi connectivity index (χ0) is 20.9. The molecule has 30 heavy (non-hydrogen) atoms. The largest absolute Gasteiger partial charge is 0.460 e. The summed E-state index contributed by atoms with van der Waals surface area (Å²) in [4.78, 5) is 12.4. The average Bonchev–Trinajstić information content (AvgIpc) is 3.33. The van der Waals surface area contributed by atoms with Gasteiger partial charge in [-0.3, -0.25) is 0 Å². The maximum atomic E-state index is 12.4. The molecule has 0 saturated carbocycles. The Kier molecular flexibility index (Phi) is 6.18. The third-order valence-corrected chi connectivity index (χ3v) is 5.81. The highest BCUT2D eigenvalue weighted by Gasteiger charge is 2.22. The van der Waals surface area contributed by atoms with Crippen LogP contribution in [0.3, 0.4) is 0 Å². The molecule has 0 aliphatic heterocycles. The highest BCUT2D eigenvalue weighted by Crippen LogP contribution is 2.32. The van der Waals surface area contributed by atoms with Crippen molar-refractivity contribution in [2.75, 3.05) is 6.61 Å². The van der Waals surface area contributed by atoms with E-state index in [0.717, 1.165) is 34.9 Å². The summed E-state index contributed by atoms with van der Waals surface area (Å²) in [6.45, 7) is 4.94. The van der Waals surface area contributed by atoms with Crippen LogP contribution in [0, 0.1) is 0 Å². The molecule has 0 aliphatic rings. The fraction of sp³-hybridized carbons (Fsp3) is 0.261. The molecule has 4 aromatic rings. The monoisotopic (exact) mass is 421 g/mol. The summed E-state index contributed by atoms with van der Waals surface area (Å²) in [5.41, 5.74) is 2.70. The van der Waals surface area contributed by atoms with Gasteiger partial charge in [0.2, 0.25) is 5.76 Å². The standard InChI is InChI=1S/C23H23N3O3S/c1-3-26-20(14-16-10-6-5-7-11-16)24-25-23(26)30-15-18-17-12-8-9-13-19(17)29-21(18)22(27)28-4-2/h5-13H,3-4,14-15H2,1-2H3. The summed E-state index contributed by atoms with van der Waals surface area (Å²) in [5, 5.41) is 10.6. The van der Waals surface area contributed by atoms with E-state index in [4.69, 9.17) is 9.15 Å². The molecule has 6 nitrogen and oxygen atoms in total. The van der Waals surface area contributed by atoms with Crippen LogP contribution in [0.2, 0.25) is 0 Å². The first-order chi connectivity index (χ1) is 14.7. The van der Waals surface area contributed by atoms with Gasteiger partial charge in [0.1, 0.15) is 11.4 Å². The molecular formula is C23H23N3O3S. The molecule has 2 heterocycles. The minimum absolute atomic E-state index is 0.262. The van der Waals surface area contributed by atoms with Crippen LogP contribution in [-0.4, -0.2) is 27.3 Å². The first-order valence-corrected chi connectivity index (χ1v) is 11.0. The summed E-state index contributed by atoms with van der Waals surface area (Å²) in [7, 11) is 0. The van der Waals surface area contributed by atoms with Gasteiger partial charge in [-0.2, -0.15) is 0 Å². The minimum Gasteiger partial charge on any atom is -0.460 e. The van der Waals surface area contributed by atoms with E-state index in [-0.39, 0.29) is 5.76 Å². The van der Waals surface area contributed by atoms with E-state index in [1.807, 2.05) is 42.5 Å². The van der Waals surface area contributed by atoms with Crippen molar-refractivity contribution in [3.05, 3.63) is 77.3 Å². The fourth-order valence-corrected chi connectivity index (χ4v) is 4.44. The molecule has 0 N–H and O–H groups in total. The maximum absolute atomic E-state index is 12.4. The predicted octanol–water partition coefficient (Wildman–Crippen LogP) is 5.10. The molecule has 0 radical (unpaired) electrons. The second-order valence-electron chi connectivity index (χ2n) is 6.72. The van der Waals surface area contributed by atoms with Crippen molar-refractivity contribution in [2.45, 2.75) is 37.7 Å². The molecule has 4 rings (SSSR count). The van der Waals surface area contributed by atoms with Crippen molar-refractivity contribution in [1.29, 1.82) is 0 Å². The van der Waals surface area contributed by atoms with Crippen molar-refractivity contribution >= 4 is 28.7 Å². The lowest BCUT2D eigenvalue weighted by Crippen LogP contribution is -2.06. The zero-order valence-corrected chi connectivity index (χ0v) is 17.8. The summed E-state index contributed by atoms with van der Waals surface area (Å²) in [6, 6.07) is 17.9. The van der Waals surface area contributed by atoms with Crippen LogP contribution in [0.15, 0.2) is 64.2 Å². The molecule has 0 unspecified atom stereocenters. The number of esters is 1. The number of rotatable bonds is 8. The highest BCUT2D eigenvalue weighted by molar-refractivity contribution is 7.98. The van der Waals surface area contributed by atoms with Crippen LogP contribution < -0.4 is 0 Å². The molecule has 7 heteroatoms. The quantitative estimate of drug-likeness (QED) is 0.291. The molecule has 0 amide bonds. The first-order valence-electron chi connectivity index (χ1n) is 9.97. The number of para-hydroxylation sites is 1. The van der Waals surface area contributed by atoms with Gasteiger partial charge < -0.3 is 13.7 Å². The Hall–Kier alpha value is -3.06. The second kappa shape index (κ2) is 9.17. The number of thioether (sulfide) groups is 1. The van der Waals surface area contributed by atoms with Gasteiger partial charge in [-0.25, -0.2) is 4.79 Å². The van der Waals surface area contributed by atoms with Crippen molar-refractivity contribution in [3.63, 3.8) is 0 Å². The summed E-state index contributed by atoms with van der Waals surface area (Å²) in [6.07, 6.45) is 0.727. The third-order valence-electron chi connectivity index (χ3n) is 4.82. The number of ether oxygens (including phenoxy) is 1. The molecule has 0 bridgehead atoms. The number of furan rings is 1. The lowest BCUT2D eigenvalue weighted by molar-refractivity contribution is 0.0491. The lowest BCUT2D eigenvalue weighted by Gasteiger charge is -2.08. The van der Waals surface area contributed by atoms with Gasteiger partial charge in [-0.1, -0.05) is 60.3 Å². The molecule has 2 aromatic heterocycles. The first kappa shape index (κ1) is 20.2. The molecular weight excluding hydrogens is 398 g/mol. The maximum Gasteiger partial charge on any atom is 0.374 e. The Morgan fingerprint density at radius 1 is 1.07 bits per heavy atom. The van der Waals surface area contributed by atoms with Gasteiger partial charge in [-0.15, -0.1) is 10.2 Å². The fourth-order valence-electron chi connectivity index (χ4n) is 3.39. The van der Waals surface area contributed by atoms with E-state index in [1.165, 1.54) is 5.56 Å². The van der Waals surface area contributed by atoms with E-state index in [2.05, 4.69) is 33.8 Å². The van der Waals surface area contributed by atoms with Gasteiger partial charge in [-0.05, 0) is 25.5 Å². The topological polar surface area (TPSA) is 70.2 Å². The van der Waals surface area contributed by atoms with Gasteiger partial charge in [0.15, 0.2) is 5.16 Å². The van der Waals surface area contributed by atoms with E-state index in [0.29, 0.717) is 17.9 Å². The Balaban J connectivity index is 1.60. The molecule has 154 valence electrons. The molecule has 0 spiro atoms. The third kappa shape index (κ3) is 4.11. The number of hydrogen-bond donors (Lipinski definition) is 0. The number of nitrogens with zero attached hydrogens (tertiary/aromatic N) is 3. The van der Waals surface area contributed by atoms with Crippen molar-refractivity contribution in [3.8, 4) is 0 Å². The van der Waals surface area contributed by atoms with E-state index in [1.54, 1.807) is 18.7 Å². The SMILES string of the molecule is CCOC(=O)c1oc2ccccc2c1CSc1nnc(Cc2ccccc2)n1CC. The van der Waals surface area contributed by atoms with Crippen molar-refractivity contribution in [1.82, 2.24) is 14.8 Å². The number of aromatic nitrogens is 3. The van der Waals surface area contributed by atoms with Crippen molar-refractivity contribution < 1.29 is 13.9 Å². The Labute approximate surface area is 179 Å². The molecule has 0 fully saturated rings. The normalized spacial score (nSPS) is 11.1. The smallest absolute Gasteiger partial charge is 0.374 e. The Bertz CT molecular complexity index is 1150. The van der Waals surface area contributed by atoms with Crippen LogP contribution in [0.5, 0.6) is 0 Å². The summed E-state index contributed by atoms with van der Waals surface area (Å²) in [5.74, 6) is 1.28. The Morgan fingerprint density at radius 2 is 1.83 bits per heavy atom. The highest BCUT2D eigenvalue weighted by atomic mass is 32.2. The number of benzene rings is 2. The lowest BCUT2D eigenvalue weighted by atomic mass is 10.1. The number of hydrogen-bond acceptors (Lipinski definition) is 6. The van der Waals surface area contributed by atoms with Crippen LogP contribution in [-0.2, 0) is 23.5 Å². The van der Waals surface area contributed by atoms with Crippen molar-refractivity contribution in [2.24, 2.45) is 0 Å². The molecule has 2 aromatic carbocycles. The number of carbonyl (C=O) groups excluding carboxylic acids is 1. The van der Waals surface area contributed by atoms with Gasteiger partial charge in [0, 0.05) is 29.7 Å². The second-order valence-corrected chi connectivity index (χ2v) is 7.66. The Morgan fingerprint density at radius 3 is 2.60 bits per heavy atom. The molecule has 0 saturated heterocycles. The van der Waals surface area contributed by atoms with Crippen LogP contribution in [0.4, 0.5) is 0 Å². The van der Waals surface area contributed by atoms with Crippen LogP contribution >= 0.6 is 11.8 Å².